The number of hydrogen-bond donors (Lipinski definition) is 1. The largest absolute Gasteiger partial charge is 0.298 e. The van der Waals surface area contributed by atoms with Gasteiger partial charge in [0.15, 0.2) is 5.13 Å². The number of rotatable bonds is 4. The molecule has 1 N–H and O–H groups in total. The highest BCUT2D eigenvalue weighted by atomic mass is 32.1. The molecule has 0 aliphatic heterocycles. The number of nitrogens with one attached hydrogen (secondary N) is 1. The van der Waals surface area contributed by atoms with E-state index in [-0.39, 0.29) is 5.91 Å². The second kappa shape index (κ2) is 6.61. The van der Waals surface area contributed by atoms with Crippen LogP contribution in [0.25, 0.3) is 11.4 Å². The summed E-state index contributed by atoms with van der Waals surface area (Å²) < 4.78 is 0. The Balaban J connectivity index is 2.04. The van der Waals surface area contributed by atoms with E-state index >= 15 is 0 Å². The fourth-order valence-electron chi connectivity index (χ4n) is 1.36. The minimum atomic E-state index is -0.194. The van der Waals surface area contributed by atoms with Gasteiger partial charge in [0, 0.05) is 17.7 Å². The van der Waals surface area contributed by atoms with E-state index in [4.69, 9.17) is 0 Å². The second-order valence-corrected chi connectivity index (χ2v) is 4.49. The normalized spacial score (nSPS) is 11.2. The van der Waals surface area contributed by atoms with Gasteiger partial charge in [-0.15, -0.1) is 11.3 Å². The summed E-state index contributed by atoms with van der Waals surface area (Å²) in [5.74, 6) is -0.194. The number of allylic oxidation sites excluding steroid dienone is 3. The van der Waals surface area contributed by atoms with Gasteiger partial charge in [-0.25, -0.2) is 4.98 Å². The van der Waals surface area contributed by atoms with Crippen LogP contribution in [0.3, 0.4) is 0 Å². The lowest BCUT2D eigenvalue weighted by Gasteiger charge is -1.95. The van der Waals surface area contributed by atoms with Gasteiger partial charge in [-0.1, -0.05) is 24.3 Å². The number of carbonyl (C=O) groups excluding carboxylic acids is 1. The summed E-state index contributed by atoms with van der Waals surface area (Å²) in [6.45, 7) is 1.89. The number of aromatic nitrogens is 2. The zero-order valence-corrected chi connectivity index (χ0v) is 11.2. The van der Waals surface area contributed by atoms with Crippen molar-refractivity contribution in [2.24, 2.45) is 0 Å². The first-order valence-electron chi connectivity index (χ1n) is 5.77. The predicted octanol–water partition coefficient (Wildman–Crippen LogP) is 3.28. The van der Waals surface area contributed by atoms with E-state index in [9.17, 15) is 4.79 Å². The summed E-state index contributed by atoms with van der Waals surface area (Å²) in [7, 11) is 0. The van der Waals surface area contributed by atoms with E-state index < -0.39 is 0 Å². The van der Waals surface area contributed by atoms with Gasteiger partial charge in [0.1, 0.15) is 5.69 Å². The van der Waals surface area contributed by atoms with Gasteiger partial charge < -0.3 is 0 Å². The molecule has 96 valence electrons. The summed E-state index contributed by atoms with van der Waals surface area (Å²) in [5.41, 5.74) is 1.56. The Kier molecular flexibility index (Phi) is 4.58. The zero-order chi connectivity index (χ0) is 13.5. The molecule has 0 aromatic carbocycles. The molecule has 19 heavy (non-hydrogen) atoms. The highest BCUT2D eigenvalue weighted by Crippen LogP contribution is 2.22. The number of nitrogens with zero attached hydrogens (tertiary/aromatic N) is 2. The van der Waals surface area contributed by atoms with Gasteiger partial charge in [-0.3, -0.25) is 15.1 Å². The molecule has 2 aromatic heterocycles. The van der Waals surface area contributed by atoms with Gasteiger partial charge in [0.05, 0.1) is 5.69 Å². The molecule has 4 nitrogen and oxygen atoms in total. The molecule has 0 spiro atoms. The fraction of sp³-hybridized carbons (Fsp3) is 0.0714. The molecule has 0 bridgehead atoms. The molecule has 2 rings (SSSR count). The minimum Gasteiger partial charge on any atom is -0.298 e. The number of carbonyl (C=O) groups is 1. The van der Waals surface area contributed by atoms with E-state index in [1.54, 1.807) is 18.3 Å². The average molecular weight is 271 g/mol. The lowest BCUT2D eigenvalue weighted by atomic mass is 10.3. The Labute approximate surface area is 115 Å². The van der Waals surface area contributed by atoms with Crippen LogP contribution in [0, 0.1) is 0 Å². The molecule has 5 heteroatoms. The SMILES string of the molecule is C/C=C/C=C/C(=O)Nc1nc(-c2ccccn2)cs1. The highest BCUT2D eigenvalue weighted by molar-refractivity contribution is 7.14. The fourth-order valence-corrected chi connectivity index (χ4v) is 2.07. The summed E-state index contributed by atoms with van der Waals surface area (Å²) in [5, 5.41) is 5.15. The van der Waals surface area contributed by atoms with Crippen LogP contribution in [0.4, 0.5) is 5.13 Å². The molecule has 0 aliphatic rings. The van der Waals surface area contributed by atoms with Gasteiger partial charge >= 0.3 is 0 Å². The Morgan fingerprint density at radius 2 is 2.21 bits per heavy atom. The lowest BCUT2D eigenvalue weighted by molar-refractivity contribution is -0.111. The van der Waals surface area contributed by atoms with Crippen molar-refractivity contribution in [1.82, 2.24) is 9.97 Å². The second-order valence-electron chi connectivity index (χ2n) is 3.63. The Bertz CT molecular complexity index is 602. The van der Waals surface area contributed by atoms with Crippen molar-refractivity contribution in [1.29, 1.82) is 0 Å². The summed E-state index contributed by atoms with van der Waals surface area (Å²) in [6.07, 6.45) is 8.50. The van der Waals surface area contributed by atoms with E-state index in [1.807, 2.05) is 36.6 Å². The van der Waals surface area contributed by atoms with Crippen LogP contribution in [0.5, 0.6) is 0 Å². The predicted molar refractivity (Wildman–Crippen MR) is 77.9 cm³/mol. The van der Waals surface area contributed by atoms with E-state index in [0.29, 0.717) is 5.13 Å². The van der Waals surface area contributed by atoms with E-state index in [2.05, 4.69) is 15.3 Å². The molecule has 1 amide bonds. The monoisotopic (exact) mass is 271 g/mol. The molecule has 2 aromatic rings. The van der Waals surface area contributed by atoms with Gasteiger partial charge in [-0.05, 0) is 19.1 Å². The first-order chi connectivity index (χ1) is 9.29. The molecule has 0 radical (unpaired) electrons. The molecule has 0 saturated heterocycles. The number of hydrogen-bond acceptors (Lipinski definition) is 4. The lowest BCUT2D eigenvalue weighted by Crippen LogP contribution is -2.07. The quantitative estimate of drug-likeness (QED) is 0.686. The first kappa shape index (κ1) is 13.2. The van der Waals surface area contributed by atoms with Crippen molar-refractivity contribution >= 4 is 22.4 Å². The molecular formula is C14H13N3OS. The van der Waals surface area contributed by atoms with Crippen LogP contribution >= 0.6 is 11.3 Å². The number of amides is 1. The third-order valence-corrected chi connectivity index (χ3v) is 2.97. The molecular weight excluding hydrogens is 258 g/mol. The van der Waals surface area contributed by atoms with Crippen LogP contribution < -0.4 is 5.32 Å². The Morgan fingerprint density at radius 3 is 2.95 bits per heavy atom. The maximum atomic E-state index is 11.6. The topological polar surface area (TPSA) is 54.9 Å². The molecule has 0 fully saturated rings. The van der Waals surface area contributed by atoms with Crippen molar-refractivity contribution in [2.45, 2.75) is 6.92 Å². The number of anilines is 1. The van der Waals surface area contributed by atoms with Gasteiger partial charge in [-0.2, -0.15) is 0 Å². The van der Waals surface area contributed by atoms with Crippen molar-refractivity contribution in [3.8, 4) is 11.4 Å². The summed E-state index contributed by atoms with van der Waals surface area (Å²) >= 11 is 1.38. The third kappa shape index (κ3) is 3.86. The van der Waals surface area contributed by atoms with E-state index in [1.165, 1.54) is 17.4 Å². The maximum Gasteiger partial charge on any atom is 0.250 e. The van der Waals surface area contributed by atoms with Crippen LogP contribution in [0.2, 0.25) is 0 Å². The number of thiazole rings is 1. The standard InChI is InChI=1S/C14H13N3OS/c1-2-3-4-8-13(18)17-14-16-12(10-19-14)11-7-5-6-9-15-11/h2-10H,1H3,(H,16,17,18)/b3-2+,8-4+. The van der Waals surface area contributed by atoms with Gasteiger partial charge in [0.25, 0.3) is 0 Å². The van der Waals surface area contributed by atoms with Gasteiger partial charge in [0.2, 0.25) is 5.91 Å². The minimum absolute atomic E-state index is 0.194. The summed E-state index contributed by atoms with van der Waals surface area (Å²) in [6, 6.07) is 5.64. The molecule has 0 unspecified atom stereocenters. The van der Waals surface area contributed by atoms with Crippen molar-refractivity contribution < 1.29 is 4.79 Å². The molecule has 2 heterocycles. The van der Waals surface area contributed by atoms with Crippen LogP contribution in [-0.2, 0) is 4.79 Å². The van der Waals surface area contributed by atoms with Crippen LogP contribution in [0.15, 0.2) is 54.1 Å². The Morgan fingerprint density at radius 1 is 1.32 bits per heavy atom. The first-order valence-corrected chi connectivity index (χ1v) is 6.65. The Hall–Kier alpha value is -2.27. The van der Waals surface area contributed by atoms with Crippen LogP contribution in [0.1, 0.15) is 6.92 Å². The van der Waals surface area contributed by atoms with E-state index in [0.717, 1.165) is 11.4 Å². The smallest absolute Gasteiger partial charge is 0.250 e. The molecule has 0 aliphatic carbocycles. The van der Waals surface area contributed by atoms with Crippen molar-refractivity contribution in [2.75, 3.05) is 5.32 Å². The third-order valence-electron chi connectivity index (χ3n) is 2.21. The van der Waals surface area contributed by atoms with Crippen molar-refractivity contribution in [3.05, 3.63) is 54.1 Å². The van der Waals surface area contributed by atoms with Crippen LogP contribution in [-0.4, -0.2) is 15.9 Å². The molecule has 0 atom stereocenters. The zero-order valence-electron chi connectivity index (χ0n) is 10.4. The van der Waals surface area contributed by atoms with Crippen molar-refractivity contribution in [3.63, 3.8) is 0 Å². The maximum absolute atomic E-state index is 11.6. The highest BCUT2D eigenvalue weighted by Gasteiger charge is 2.06. The summed E-state index contributed by atoms with van der Waals surface area (Å²) in [4.78, 5) is 20.1. The average Bonchev–Trinajstić information content (AvgIpc) is 2.88. The number of pyridine rings is 1. The molecule has 0 saturated carbocycles.